The summed E-state index contributed by atoms with van der Waals surface area (Å²) in [5, 5.41) is 0.509. The highest BCUT2D eigenvalue weighted by Gasteiger charge is 2.23. The second-order valence-electron chi connectivity index (χ2n) is 7.74. The standard InChI is InChI=1S/C24H18FN3O5S/c25-16-7-8-18-19(14-28(20(18)13-16)34(31,32)17-4-2-1-3-5-17)15-6-9-22-21(12-15)27(24(30)33-22)11-10-23(26)29/h1-9,12-14H,10-11H2,(H2,26,29). The van der Waals surface area contributed by atoms with Crippen molar-refractivity contribution in [1.29, 1.82) is 0 Å². The van der Waals surface area contributed by atoms with Crippen LogP contribution in [0.4, 0.5) is 4.39 Å². The Morgan fingerprint density at radius 3 is 2.50 bits per heavy atom. The van der Waals surface area contributed by atoms with Gasteiger partial charge < -0.3 is 10.2 Å². The van der Waals surface area contributed by atoms with Gasteiger partial charge in [0.15, 0.2) is 5.58 Å². The SMILES string of the molecule is NC(=O)CCn1c(=O)oc2ccc(-c3cn(S(=O)(=O)c4ccccc4)c4cc(F)ccc34)cc21. The van der Waals surface area contributed by atoms with Crippen molar-refractivity contribution in [2.24, 2.45) is 5.73 Å². The molecule has 1 amide bonds. The topological polar surface area (TPSA) is 117 Å². The normalized spacial score (nSPS) is 11.9. The first kappa shape index (κ1) is 21.7. The molecule has 0 fully saturated rings. The molecule has 0 saturated heterocycles. The molecule has 3 aromatic carbocycles. The molecule has 0 radical (unpaired) electrons. The highest BCUT2D eigenvalue weighted by molar-refractivity contribution is 7.90. The van der Waals surface area contributed by atoms with Crippen LogP contribution in [0, 0.1) is 5.82 Å². The molecule has 5 aromatic rings. The second-order valence-corrected chi connectivity index (χ2v) is 9.55. The van der Waals surface area contributed by atoms with Crippen LogP contribution in [0.25, 0.3) is 33.1 Å². The Balaban J connectivity index is 1.73. The zero-order valence-corrected chi connectivity index (χ0v) is 18.5. The number of nitrogens with two attached hydrogens (primary N) is 1. The number of benzene rings is 3. The Kier molecular flexibility index (Phi) is 5.09. The molecular formula is C24H18FN3O5S. The molecule has 2 N–H and O–H groups in total. The summed E-state index contributed by atoms with van der Waals surface area (Å²) in [4.78, 5) is 23.5. The maximum Gasteiger partial charge on any atom is 0.419 e. The molecule has 2 aromatic heterocycles. The van der Waals surface area contributed by atoms with Crippen molar-refractivity contribution >= 4 is 37.9 Å². The molecule has 34 heavy (non-hydrogen) atoms. The van der Waals surface area contributed by atoms with Crippen LogP contribution in [-0.2, 0) is 21.4 Å². The quantitative estimate of drug-likeness (QED) is 0.400. The number of primary amides is 1. The monoisotopic (exact) mass is 479 g/mol. The smallest absolute Gasteiger partial charge is 0.408 e. The average Bonchev–Trinajstić information content (AvgIpc) is 3.34. The third-order valence-corrected chi connectivity index (χ3v) is 7.28. The van der Waals surface area contributed by atoms with Crippen molar-refractivity contribution in [3.8, 4) is 11.1 Å². The molecule has 0 bridgehead atoms. The van der Waals surface area contributed by atoms with E-state index in [-0.39, 0.29) is 23.4 Å². The number of carbonyl (C=O) groups excluding carboxylic acids is 1. The number of rotatable bonds is 6. The minimum absolute atomic E-state index is 0.0416. The number of hydrogen-bond donors (Lipinski definition) is 1. The van der Waals surface area contributed by atoms with E-state index < -0.39 is 27.5 Å². The van der Waals surface area contributed by atoms with Gasteiger partial charge >= 0.3 is 5.76 Å². The van der Waals surface area contributed by atoms with Crippen molar-refractivity contribution in [2.45, 2.75) is 17.9 Å². The zero-order valence-electron chi connectivity index (χ0n) is 17.6. The van der Waals surface area contributed by atoms with Crippen molar-refractivity contribution in [3.05, 3.63) is 89.3 Å². The van der Waals surface area contributed by atoms with E-state index in [9.17, 15) is 22.4 Å². The first-order valence-corrected chi connectivity index (χ1v) is 11.7. The third kappa shape index (κ3) is 3.57. The zero-order chi connectivity index (χ0) is 24.0. The predicted molar refractivity (Wildman–Crippen MR) is 124 cm³/mol. The Bertz CT molecular complexity index is 1730. The van der Waals surface area contributed by atoms with Crippen LogP contribution in [0.1, 0.15) is 6.42 Å². The van der Waals surface area contributed by atoms with Gasteiger partial charge in [0.05, 0.1) is 15.9 Å². The summed E-state index contributed by atoms with van der Waals surface area (Å²) in [6.45, 7) is 0.0416. The molecule has 5 rings (SSSR count). The van der Waals surface area contributed by atoms with Gasteiger partial charge in [-0.2, -0.15) is 0 Å². The number of hydrogen-bond acceptors (Lipinski definition) is 5. The Morgan fingerprint density at radius 1 is 1.00 bits per heavy atom. The molecule has 0 atom stereocenters. The number of aryl methyl sites for hydroxylation is 1. The van der Waals surface area contributed by atoms with E-state index in [4.69, 9.17) is 10.2 Å². The molecule has 10 heteroatoms. The van der Waals surface area contributed by atoms with Gasteiger partial charge in [-0.1, -0.05) is 24.3 Å². The van der Waals surface area contributed by atoms with Crippen LogP contribution in [0.2, 0.25) is 0 Å². The maximum absolute atomic E-state index is 14.1. The van der Waals surface area contributed by atoms with Crippen molar-refractivity contribution in [2.75, 3.05) is 0 Å². The molecule has 172 valence electrons. The molecule has 8 nitrogen and oxygen atoms in total. The van der Waals surface area contributed by atoms with Gasteiger partial charge in [-0.25, -0.2) is 21.6 Å². The van der Waals surface area contributed by atoms with Crippen molar-refractivity contribution in [1.82, 2.24) is 8.54 Å². The van der Waals surface area contributed by atoms with E-state index in [1.54, 1.807) is 36.4 Å². The van der Waals surface area contributed by atoms with Gasteiger partial charge in [-0.15, -0.1) is 0 Å². The number of nitrogens with zero attached hydrogens (tertiary/aromatic N) is 2. The summed E-state index contributed by atoms with van der Waals surface area (Å²) in [7, 11) is -4.01. The second kappa shape index (κ2) is 7.99. The average molecular weight is 479 g/mol. The fourth-order valence-electron chi connectivity index (χ4n) is 3.97. The van der Waals surface area contributed by atoms with E-state index in [1.165, 1.54) is 41.1 Å². The lowest BCUT2D eigenvalue weighted by Crippen LogP contribution is -2.19. The largest absolute Gasteiger partial charge is 0.419 e. The number of halogens is 1. The number of aromatic nitrogens is 2. The van der Waals surface area contributed by atoms with E-state index in [0.717, 1.165) is 3.97 Å². The van der Waals surface area contributed by atoms with Gasteiger partial charge in [-0.3, -0.25) is 9.36 Å². The molecule has 0 aliphatic carbocycles. The van der Waals surface area contributed by atoms with Gasteiger partial charge in [0.2, 0.25) is 5.91 Å². The first-order valence-electron chi connectivity index (χ1n) is 10.3. The molecule has 0 aliphatic rings. The number of fused-ring (bicyclic) bond motifs is 2. The summed E-state index contributed by atoms with van der Waals surface area (Å²) in [5.74, 6) is -1.77. The van der Waals surface area contributed by atoms with Crippen molar-refractivity contribution < 1.29 is 22.0 Å². The maximum atomic E-state index is 14.1. The summed E-state index contributed by atoms with van der Waals surface area (Å²) < 4.78 is 48.4. The van der Waals surface area contributed by atoms with Crippen LogP contribution >= 0.6 is 0 Å². The van der Waals surface area contributed by atoms with E-state index >= 15 is 0 Å². The molecule has 0 spiro atoms. The molecule has 0 saturated carbocycles. The predicted octanol–water partition coefficient (Wildman–Crippen LogP) is 3.47. The van der Waals surface area contributed by atoms with Gasteiger partial charge in [0, 0.05) is 30.1 Å². The summed E-state index contributed by atoms with van der Waals surface area (Å²) in [5.41, 5.74) is 7.23. The number of amides is 1. The molecule has 0 aliphatic heterocycles. The van der Waals surface area contributed by atoms with E-state index in [0.29, 0.717) is 27.6 Å². The van der Waals surface area contributed by atoms with Crippen LogP contribution < -0.4 is 11.5 Å². The van der Waals surface area contributed by atoms with Gasteiger partial charge in [0.25, 0.3) is 10.0 Å². The molecule has 0 unspecified atom stereocenters. The first-order chi connectivity index (χ1) is 16.3. The minimum atomic E-state index is -4.01. The lowest BCUT2D eigenvalue weighted by Gasteiger charge is -2.07. The van der Waals surface area contributed by atoms with Gasteiger partial charge in [0.1, 0.15) is 5.82 Å². The fraction of sp³-hybridized carbons (Fsp3) is 0.0833. The lowest BCUT2D eigenvalue weighted by molar-refractivity contribution is -0.118. The van der Waals surface area contributed by atoms with Gasteiger partial charge in [-0.05, 0) is 48.0 Å². The fourth-order valence-corrected chi connectivity index (χ4v) is 5.35. The Morgan fingerprint density at radius 2 is 1.76 bits per heavy atom. The minimum Gasteiger partial charge on any atom is -0.408 e. The summed E-state index contributed by atoms with van der Waals surface area (Å²) in [6, 6.07) is 16.7. The van der Waals surface area contributed by atoms with Crippen LogP contribution in [0.15, 0.2) is 87.0 Å². The number of carbonyl (C=O) groups is 1. The molecule has 2 heterocycles. The molecular weight excluding hydrogens is 461 g/mol. The Labute approximate surface area is 192 Å². The third-order valence-electron chi connectivity index (χ3n) is 5.59. The van der Waals surface area contributed by atoms with E-state index in [1.807, 2.05) is 0 Å². The highest BCUT2D eigenvalue weighted by Crippen LogP contribution is 2.35. The van der Waals surface area contributed by atoms with Crippen LogP contribution in [0.3, 0.4) is 0 Å². The summed E-state index contributed by atoms with van der Waals surface area (Å²) >= 11 is 0. The number of oxazole rings is 1. The lowest BCUT2D eigenvalue weighted by atomic mass is 10.0. The highest BCUT2D eigenvalue weighted by atomic mass is 32.2. The van der Waals surface area contributed by atoms with Crippen molar-refractivity contribution in [3.63, 3.8) is 0 Å². The van der Waals surface area contributed by atoms with Crippen LogP contribution in [-0.4, -0.2) is 22.9 Å². The summed E-state index contributed by atoms with van der Waals surface area (Å²) in [6.07, 6.45) is 1.38. The Hall–Kier alpha value is -4.18. The van der Waals surface area contributed by atoms with E-state index in [2.05, 4.69) is 0 Å². The van der Waals surface area contributed by atoms with Crippen LogP contribution in [0.5, 0.6) is 0 Å².